The second-order valence-corrected chi connectivity index (χ2v) is 6.27. The number of hydrogen-bond acceptors (Lipinski definition) is 2. The lowest BCUT2D eigenvalue weighted by atomic mass is 9.91. The van der Waals surface area contributed by atoms with Gasteiger partial charge in [-0.25, -0.2) is 0 Å². The van der Waals surface area contributed by atoms with E-state index < -0.39 is 0 Å². The highest BCUT2D eigenvalue weighted by Gasteiger charge is 2.37. The van der Waals surface area contributed by atoms with E-state index in [1.54, 1.807) is 0 Å². The normalized spacial score (nSPS) is 27.1. The van der Waals surface area contributed by atoms with E-state index in [-0.39, 0.29) is 5.91 Å². The Morgan fingerprint density at radius 3 is 3.00 bits per heavy atom. The van der Waals surface area contributed by atoms with Gasteiger partial charge in [-0.2, -0.15) is 0 Å². The average Bonchev–Trinajstić information content (AvgIpc) is 2.86. The molecule has 1 N–H and O–H groups in total. The fourth-order valence-electron chi connectivity index (χ4n) is 3.11. The van der Waals surface area contributed by atoms with Crippen LogP contribution in [0.25, 0.3) is 0 Å². The molecule has 1 amide bonds. The lowest BCUT2D eigenvalue weighted by Gasteiger charge is -2.37. The Bertz CT molecular complexity index is 463. The first-order valence-corrected chi connectivity index (χ1v) is 7.61. The zero-order valence-electron chi connectivity index (χ0n) is 10.2. The lowest BCUT2D eigenvalue weighted by molar-refractivity contribution is 0.0573. The smallest absolute Gasteiger partial charge is 0.255 e. The second kappa shape index (κ2) is 5.17. The molecule has 0 bridgehead atoms. The van der Waals surface area contributed by atoms with E-state index in [2.05, 4.69) is 32.8 Å². The van der Waals surface area contributed by atoms with Gasteiger partial charge in [-0.05, 0) is 53.5 Å². The SMILES string of the molecule is O=C(c1ccccc1I)N1CCCC2CNCC21. The zero-order chi connectivity index (χ0) is 12.5. The summed E-state index contributed by atoms with van der Waals surface area (Å²) in [6.45, 7) is 2.94. The molecule has 2 aliphatic rings. The van der Waals surface area contributed by atoms with Crippen molar-refractivity contribution >= 4 is 28.5 Å². The van der Waals surface area contributed by atoms with Crippen LogP contribution in [0, 0.1) is 9.49 Å². The summed E-state index contributed by atoms with van der Waals surface area (Å²) in [7, 11) is 0. The zero-order valence-corrected chi connectivity index (χ0v) is 12.4. The monoisotopic (exact) mass is 356 g/mol. The van der Waals surface area contributed by atoms with Crippen molar-refractivity contribution in [2.75, 3.05) is 19.6 Å². The number of likely N-dealkylation sites (tertiary alicyclic amines) is 1. The first kappa shape index (κ1) is 12.4. The summed E-state index contributed by atoms with van der Waals surface area (Å²) in [5.74, 6) is 0.863. The molecule has 3 rings (SSSR count). The number of rotatable bonds is 1. The highest BCUT2D eigenvalue weighted by Crippen LogP contribution is 2.28. The number of amides is 1. The van der Waals surface area contributed by atoms with Crippen LogP contribution in [0.1, 0.15) is 23.2 Å². The van der Waals surface area contributed by atoms with E-state index >= 15 is 0 Å². The minimum Gasteiger partial charge on any atom is -0.334 e. The minimum absolute atomic E-state index is 0.207. The number of carbonyl (C=O) groups is 1. The van der Waals surface area contributed by atoms with Gasteiger partial charge in [0.2, 0.25) is 0 Å². The van der Waals surface area contributed by atoms with Crippen LogP contribution < -0.4 is 5.32 Å². The van der Waals surface area contributed by atoms with E-state index in [0.717, 1.165) is 35.2 Å². The Morgan fingerprint density at radius 2 is 2.17 bits per heavy atom. The Morgan fingerprint density at radius 1 is 1.33 bits per heavy atom. The molecule has 2 saturated heterocycles. The number of carbonyl (C=O) groups excluding carboxylic acids is 1. The Kier molecular flexibility index (Phi) is 3.56. The number of piperidine rings is 1. The van der Waals surface area contributed by atoms with Crippen molar-refractivity contribution in [3.05, 3.63) is 33.4 Å². The van der Waals surface area contributed by atoms with Gasteiger partial charge < -0.3 is 10.2 Å². The van der Waals surface area contributed by atoms with Gasteiger partial charge in [-0.3, -0.25) is 4.79 Å². The molecule has 4 heteroatoms. The van der Waals surface area contributed by atoms with Crippen LogP contribution in [0.4, 0.5) is 0 Å². The van der Waals surface area contributed by atoms with E-state index in [1.165, 1.54) is 6.42 Å². The van der Waals surface area contributed by atoms with Gasteiger partial charge in [0.1, 0.15) is 0 Å². The van der Waals surface area contributed by atoms with Crippen LogP contribution in [0.2, 0.25) is 0 Å². The predicted molar refractivity (Wildman–Crippen MR) is 79.6 cm³/mol. The molecule has 0 saturated carbocycles. The molecule has 0 aliphatic carbocycles. The standard InChI is InChI=1S/C14H17IN2O/c15-12-6-2-1-5-11(12)14(18)17-7-3-4-10-8-16-9-13(10)17/h1-2,5-6,10,13,16H,3-4,7-9H2. The van der Waals surface area contributed by atoms with Gasteiger partial charge in [0.25, 0.3) is 5.91 Å². The number of nitrogens with one attached hydrogen (secondary N) is 1. The summed E-state index contributed by atoms with van der Waals surface area (Å²) < 4.78 is 1.05. The van der Waals surface area contributed by atoms with Crippen molar-refractivity contribution in [2.45, 2.75) is 18.9 Å². The topological polar surface area (TPSA) is 32.3 Å². The van der Waals surface area contributed by atoms with Crippen molar-refractivity contribution in [1.29, 1.82) is 0 Å². The number of fused-ring (bicyclic) bond motifs is 1. The molecule has 0 aromatic heterocycles. The molecular weight excluding hydrogens is 339 g/mol. The van der Waals surface area contributed by atoms with Gasteiger partial charge in [0.15, 0.2) is 0 Å². The van der Waals surface area contributed by atoms with E-state index in [9.17, 15) is 4.79 Å². The highest BCUT2D eigenvalue weighted by atomic mass is 127. The number of hydrogen-bond donors (Lipinski definition) is 1. The van der Waals surface area contributed by atoms with E-state index in [1.807, 2.05) is 24.3 Å². The summed E-state index contributed by atoms with van der Waals surface area (Å²) in [5, 5.41) is 3.42. The highest BCUT2D eigenvalue weighted by molar-refractivity contribution is 14.1. The number of nitrogens with zero attached hydrogens (tertiary/aromatic N) is 1. The molecule has 0 spiro atoms. The van der Waals surface area contributed by atoms with Crippen LogP contribution in [-0.2, 0) is 0 Å². The minimum atomic E-state index is 0.207. The van der Waals surface area contributed by atoms with Crippen LogP contribution in [-0.4, -0.2) is 36.5 Å². The van der Waals surface area contributed by atoms with Crippen LogP contribution in [0.3, 0.4) is 0 Å². The fraction of sp³-hybridized carbons (Fsp3) is 0.500. The number of halogens is 1. The molecule has 2 aliphatic heterocycles. The van der Waals surface area contributed by atoms with Crippen molar-refractivity contribution in [3.63, 3.8) is 0 Å². The lowest BCUT2D eigenvalue weighted by Crippen LogP contribution is -2.48. The Hall–Kier alpha value is -0.620. The van der Waals surface area contributed by atoms with Crippen molar-refractivity contribution in [1.82, 2.24) is 10.2 Å². The molecule has 2 fully saturated rings. The number of benzene rings is 1. The van der Waals surface area contributed by atoms with Gasteiger partial charge in [-0.15, -0.1) is 0 Å². The van der Waals surface area contributed by atoms with Crippen molar-refractivity contribution in [3.8, 4) is 0 Å². The molecule has 1 aromatic rings. The second-order valence-electron chi connectivity index (χ2n) is 5.11. The molecule has 2 atom stereocenters. The molecule has 0 radical (unpaired) electrons. The quantitative estimate of drug-likeness (QED) is 0.782. The Balaban J connectivity index is 1.86. The Labute approximate surface area is 121 Å². The third-order valence-electron chi connectivity index (χ3n) is 4.04. The maximum absolute atomic E-state index is 12.7. The summed E-state index contributed by atoms with van der Waals surface area (Å²) in [6, 6.07) is 8.28. The maximum atomic E-state index is 12.7. The van der Waals surface area contributed by atoms with Gasteiger partial charge in [-0.1, -0.05) is 12.1 Å². The summed E-state index contributed by atoms with van der Waals surface area (Å²) in [6.07, 6.45) is 2.39. The molecule has 96 valence electrons. The fourth-order valence-corrected chi connectivity index (χ4v) is 3.73. The molecule has 2 heterocycles. The van der Waals surface area contributed by atoms with Gasteiger partial charge in [0.05, 0.1) is 5.56 Å². The van der Waals surface area contributed by atoms with Crippen LogP contribution in [0.15, 0.2) is 24.3 Å². The maximum Gasteiger partial charge on any atom is 0.255 e. The van der Waals surface area contributed by atoms with Crippen LogP contribution >= 0.6 is 22.6 Å². The van der Waals surface area contributed by atoms with E-state index in [4.69, 9.17) is 0 Å². The molecule has 3 nitrogen and oxygen atoms in total. The third kappa shape index (κ3) is 2.16. The first-order chi connectivity index (χ1) is 8.77. The summed E-state index contributed by atoms with van der Waals surface area (Å²) in [5.41, 5.74) is 0.852. The van der Waals surface area contributed by atoms with Crippen molar-refractivity contribution in [2.24, 2.45) is 5.92 Å². The summed E-state index contributed by atoms with van der Waals surface area (Å²) in [4.78, 5) is 14.7. The summed E-state index contributed by atoms with van der Waals surface area (Å²) >= 11 is 2.25. The molecule has 2 unspecified atom stereocenters. The largest absolute Gasteiger partial charge is 0.334 e. The first-order valence-electron chi connectivity index (χ1n) is 6.53. The van der Waals surface area contributed by atoms with Gasteiger partial charge >= 0.3 is 0 Å². The average molecular weight is 356 g/mol. The third-order valence-corrected chi connectivity index (χ3v) is 4.98. The molecule has 1 aromatic carbocycles. The predicted octanol–water partition coefficient (Wildman–Crippen LogP) is 2.12. The molecular formula is C14H17IN2O. The van der Waals surface area contributed by atoms with Gasteiger partial charge in [0, 0.05) is 29.2 Å². The van der Waals surface area contributed by atoms with E-state index in [0.29, 0.717) is 12.0 Å². The van der Waals surface area contributed by atoms with Crippen molar-refractivity contribution < 1.29 is 4.79 Å². The molecule has 18 heavy (non-hydrogen) atoms. The van der Waals surface area contributed by atoms with Crippen LogP contribution in [0.5, 0.6) is 0 Å².